The van der Waals surface area contributed by atoms with Gasteiger partial charge in [0, 0.05) is 36.3 Å². The highest BCUT2D eigenvalue weighted by atomic mass is 79.9. The van der Waals surface area contributed by atoms with Gasteiger partial charge in [0.1, 0.15) is 5.75 Å². The molecule has 1 heterocycles. The van der Waals surface area contributed by atoms with Crippen molar-refractivity contribution < 1.29 is 13.2 Å². The fourth-order valence-electron chi connectivity index (χ4n) is 3.49. The molecular formula is C21H26BrN3O3S. The molecule has 1 unspecified atom stereocenters. The second-order valence-electron chi connectivity index (χ2n) is 7.29. The Bertz CT molecular complexity index is 973. The molecule has 0 bridgehead atoms. The molecule has 1 atom stereocenters. The van der Waals surface area contributed by atoms with Gasteiger partial charge in [-0.2, -0.15) is 4.31 Å². The highest BCUT2D eigenvalue weighted by molar-refractivity contribution is 9.10. The average molecular weight is 480 g/mol. The van der Waals surface area contributed by atoms with E-state index in [9.17, 15) is 13.2 Å². The van der Waals surface area contributed by atoms with Crippen LogP contribution in [0.4, 0.5) is 5.69 Å². The molecule has 1 aliphatic rings. The first-order valence-corrected chi connectivity index (χ1v) is 12.0. The molecule has 1 amide bonds. The van der Waals surface area contributed by atoms with Gasteiger partial charge in [0.15, 0.2) is 0 Å². The van der Waals surface area contributed by atoms with Crippen LogP contribution >= 0.6 is 15.9 Å². The SMILES string of the molecule is Cc1cccc(N2CCN(S(=O)(=O)CC(=O)NC(C)c3ccccc3Br)CC2)c1. The van der Waals surface area contributed by atoms with Crippen LogP contribution in [-0.2, 0) is 14.8 Å². The van der Waals surface area contributed by atoms with Gasteiger partial charge in [0.25, 0.3) is 0 Å². The topological polar surface area (TPSA) is 69.7 Å². The van der Waals surface area contributed by atoms with Gasteiger partial charge in [0.2, 0.25) is 15.9 Å². The number of halogens is 1. The zero-order valence-electron chi connectivity index (χ0n) is 16.6. The number of carbonyl (C=O) groups excluding carboxylic acids is 1. The van der Waals surface area contributed by atoms with Crippen LogP contribution in [-0.4, -0.2) is 50.6 Å². The summed E-state index contributed by atoms with van der Waals surface area (Å²) < 4.78 is 27.7. The smallest absolute Gasteiger partial charge is 0.237 e. The van der Waals surface area contributed by atoms with Crippen LogP contribution in [0.2, 0.25) is 0 Å². The molecule has 2 aromatic carbocycles. The molecule has 1 fully saturated rings. The monoisotopic (exact) mass is 479 g/mol. The Kier molecular flexibility index (Phi) is 6.97. The van der Waals surface area contributed by atoms with Gasteiger partial charge in [-0.15, -0.1) is 0 Å². The van der Waals surface area contributed by atoms with Crippen molar-refractivity contribution in [1.29, 1.82) is 0 Å². The van der Waals surface area contributed by atoms with Crippen molar-refractivity contribution in [2.45, 2.75) is 19.9 Å². The zero-order chi connectivity index (χ0) is 21.0. The van der Waals surface area contributed by atoms with Gasteiger partial charge in [-0.1, -0.05) is 46.3 Å². The lowest BCUT2D eigenvalue weighted by Gasteiger charge is -2.35. The van der Waals surface area contributed by atoms with Crippen molar-refractivity contribution in [3.05, 3.63) is 64.1 Å². The maximum atomic E-state index is 12.7. The van der Waals surface area contributed by atoms with Gasteiger partial charge in [0.05, 0.1) is 6.04 Å². The predicted octanol–water partition coefficient (Wildman–Crippen LogP) is 3.09. The number of piperazine rings is 1. The first-order chi connectivity index (χ1) is 13.8. The summed E-state index contributed by atoms with van der Waals surface area (Å²) in [6.07, 6.45) is 0. The van der Waals surface area contributed by atoms with Crippen LogP contribution < -0.4 is 10.2 Å². The fraction of sp³-hybridized carbons (Fsp3) is 0.381. The number of hydrogen-bond donors (Lipinski definition) is 1. The summed E-state index contributed by atoms with van der Waals surface area (Å²) in [6.45, 7) is 5.85. The molecule has 6 nitrogen and oxygen atoms in total. The second-order valence-corrected chi connectivity index (χ2v) is 10.1. The largest absolute Gasteiger partial charge is 0.369 e. The Labute approximate surface area is 181 Å². The van der Waals surface area contributed by atoms with Crippen molar-refractivity contribution >= 4 is 37.5 Å². The first kappa shape index (κ1) is 21.8. The highest BCUT2D eigenvalue weighted by Crippen LogP contribution is 2.23. The second kappa shape index (κ2) is 9.28. The number of rotatable bonds is 6. The number of hydrogen-bond acceptors (Lipinski definition) is 4. The summed E-state index contributed by atoms with van der Waals surface area (Å²) in [6, 6.07) is 15.5. The van der Waals surface area contributed by atoms with Gasteiger partial charge in [-0.25, -0.2) is 8.42 Å². The van der Waals surface area contributed by atoms with Crippen LogP contribution in [0.1, 0.15) is 24.1 Å². The molecule has 8 heteroatoms. The molecule has 1 aliphatic heterocycles. The van der Waals surface area contributed by atoms with Crippen molar-refractivity contribution in [2.24, 2.45) is 0 Å². The third-order valence-electron chi connectivity index (χ3n) is 5.06. The van der Waals surface area contributed by atoms with Crippen molar-refractivity contribution in [1.82, 2.24) is 9.62 Å². The molecule has 29 heavy (non-hydrogen) atoms. The summed E-state index contributed by atoms with van der Waals surface area (Å²) in [5.74, 6) is -1.03. The minimum atomic E-state index is -3.65. The number of sulfonamides is 1. The van der Waals surface area contributed by atoms with E-state index in [1.165, 1.54) is 9.87 Å². The predicted molar refractivity (Wildman–Crippen MR) is 119 cm³/mol. The van der Waals surface area contributed by atoms with E-state index in [4.69, 9.17) is 0 Å². The van der Waals surface area contributed by atoms with Crippen LogP contribution in [0.3, 0.4) is 0 Å². The summed E-state index contributed by atoms with van der Waals surface area (Å²) in [5, 5.41) is 2.79. The van der Waals surface area contributed by atoms with E-state index in [-0.39, 0.29) is 6.04 Å². The van der Waals surface area contributed by atoms with Gasteiger partial charge >= 0.3 is 0 Å². The molecule has 0 aliphatic carbocycles. The maximum absolute atomic E-state index is 12.7. The van der Waals surface area contributed by atoms with Gasteiger partial charge in [-0.3, -0.25) is 4.79 Å². The number of carbonyl (C=O) groups is 1. The lowest BCUT2D eigenvalue weighted by atomic mass is 10.1. The van der Waals surface area contributed by atoms with E-state index >= 15 is 0 Å². The molecular weight excluding hydrogens is 454 g/mol. The number of aryl methyl sites for hydroxylation is 1. The fourth-order valence-corrected chi connectivity index (χ4v) is 5.44. The van der Waals surface area contributed by atoms with Crippen LogP contribution in [0, 0.1) is 6.92 Å². The highest BCUT2D eigenvalue weighted by Gasteiger charge is 2.29. The molecule has 0 spiro atoms. The Balaban J connectivity index is 1.56. The minimum Gasteiger partial charge on any atom is -0.369 e. The van der Waals surface area contributed by atoms with Crippen molar-refractivity contribution in [3.8, 4) is 0 Å². The van der Waals surface area contributed by atoms with E-state index in [0.29, 0.717) is 26.2 Å². The summed E-state index contributed by atoms with van der Waals surface area (Å²) in [4.78, 5) is 14.6. The zero-order valence-corrected chi connectivity index (χ0v) is 19.0. The number of anilines is 1. The molecule has 0 aromatic heterocycles. The van der Waals surface area contributed by atoms with Crippen LogP contribution in [0.15, 0.2) is 53.0 Å². The third-order valence-corrected chi connectivity index (χ3v) is 7.56. The molecule has 1 N–H and O–H groups in total. The quantitative estimate of drug-likeness (QED) is 0.690. The molecule has 2 aromatic rings. The summed E-state index contributed by atoms with van der Waals surface area (Å²) in [5.41, 5.74) is 3.18. The van der Waals surface area contributed by atoms with Crippen LogP contribution in [0.5, 0.6) is 0 Å². The third kappa shape index (κ3) is 5.58. The van der Waals surface area contributed by atoms with Crippen molar-refractivity contribution in [2.75, 3.05) is 36.8 Å². The van der Waals surface area contributed by atoms with E-state index in [2.05, 4.69) is 32.2 Å². The summed E-state index contributed by atoms with van der Waals surface area (Å²) in [7, 11) is -3.65. The number of nitrogens with one attached hydrogen (secondary N) is 1. The van der Waals surface area contributed by atoms with E-state index in [1.807, 2.05) is 56.3 Å². The Morgan fingerprint density at radius 1 is 1.10 bits per heavy atom. The minimum absolute atomic E-state index is 0.286. The molecule has 0 radical (unpaired) electrons. The summed E-state index contributed by atoms with van der Waals surface area (Å²) >= 11 is 3.46. The molecule has 3 rings (SSSR count). The number of amides is 1. The Hall–Kier alpha value is -1.90. The Morgan fingerprint density at radius 2 is 1.79 bits per heavy atom. The van der Waals surface area contributed by atoms with Crippen LogP contribution in [0.25, 0.3) is 0 Å². The lowest BCUT2D eigenvalue weighted by Crippen LogP contribution is -2.50. The normalized spacial score (nSPS) is 16.4. The Morgan fingerprint density at radius 3 is 2.45 bits per heavy atom. The molecule has 156 valence electrons. The van der Waals surface area contributed by atoms with Crippen molar-refractivity contribution in [3.63, 3.8) is 0 Å². The number of benzene rings is 2. The maximum Gasteiger partial charge on any atom is 0.237 e. The first-order valence-electron chi connectivity index (χ1n) is 9.59. The average Bonchev–Trinajstić information content (AvgIpc) is 2.68. The van der Waals surface area contributed by atoms with E-state index < -0.39 is 21.7 Å². The lowest BCUT2D eigenvalue weighted by molar-refractivity contribution is -0.119. The van der Waals surface area contributed by atoms with E-state index in [0.717, 1.165) is 15.7 Å². The van der Waals surface area contributed by atoms with Gasteiger partial charge < -0.3 is 10.2 Å². The number of nitrogens with zero attached hydrogens (tertiary/aromatic N) is 2. The van der Waals surface area contributed by atoms with E-state index in [1.54, 1.807) is 0 Å². The standard InChI is InChI=1S/C21H26BrN3O3S/c1-16-6-5-7-18(14-16)24-10-12-25(13-11-24)29(27,28)15-21(26)23-17(2)19-8-3-4-9-20(19)22/h3-9,14,17H,10-13,15H2,1-2H3,(H,23,26). The molecule has 1 saturated heterocycles. The van der Waals surface area contributed by atoms with Gasteiger partial charge in [-0.05, 0) is 43.2 Å². The molecule has 0 saturated carbocycles.